The van der Waals surface area contributed by atoms with Gasteiger partial charge in [0.2, 0.25) is 5.82 Å². The molecule has 0 fully saturated rings. The average molecular weight is 415 g/mol. The zero-order valence-corrected chi connectivity index (χ0v) is 16.7. The molecule has 0 aliphatic heterocycles. The molecule has 0 N–H and O–H groups in total. The molecule has 0 radical (unpaired) electrons. The summed E-state index contributed by atoms with van der Waals surface area (Å²) < 4.78 is 6.92. The van der Waals surface area contributed by atoms with Gasteiger partial charge in [-0.25, -0.2) is 0 Å². The maximum absolute atomic E-state index is 13.1. The highest BCUT2D eigenvalue weighted by atomic mass is 35.5. The molecule has 0 atom stereocenters. The van der Waals surface area contributed by atoms with Crippen molar-refractivity contribution in [3.8, 4) is 28.7 Å². The normalized spacial score (nSPS) is 11.1. The third kappa shape index (κ3) is 3.07. The van der Waals surface area contributed by atoms with Crippen molar-refractivity contribution in [2.45, 2.75) is 6.92 Å². The zero-order valence-electron chi connectivity index (χ0n) is 15.9. The lowest BCUT2D eigenvalue weighted by Crippen LogP contribution is -2.23. The van der Waals surface area contributed by atoms with Crippen molar-refractivity contribution < 1.29 is 4.52 Å². The minimum atomic E-state index is -0.210. The summed E-state index contributed by atoms with van der Waals surface area (Å²) in [6.07, 6.45) is 0. The lowest BCUT2D eigenvalue weighted by molar-refractivity contribution is 0.430. The largest absolute Gasteiger partial charge is 0.332 e. The monoisotopic (exact) mass is 414 g/mol. The van der Waals surface area contributed by atoms with Gasteiger partial charge < -0.3 is 4.52 Å². The van der Waals surface area contributed by atoms with Crippen LogP contribution >= 0.6 is 11.6 Å². The van der Waals surface area contributed by atoms with Crippen LogP contribution in [0.1, 0.15) is 5.56 Å². The number of aromatic nitrogens is 4. The molecule has 2 heterocycles. The van der Waals surface area contributed by atoms with Crippen LogP contribution in [-0.4, -0.2) is 19.9 Å². The molecule has 0 saturated carbocycles. The highest BCUT2D eigenvalue weighted by Gasteiger charge is 2.19. The minimum absolute atomic E-state index is 0.210. The maximum atomic E-state index is 13.1. The van der Waals surface area contributed by atoms with Gasteiger partial charge in [0.25, 0.3) is 11.4 Å². The van der Waals surface area contributed by atoms with Gasteiger partial charge in [0.05, 0.1) is 11.1 Å². The van der Waals surface area contributed by atoms with Crippen molar-refractivity contribution in [2.75, 3.05) is 0 Å². The third-order valence-electron chi connectivity index (χ3n) is 4.86. The molecule has 0 amide bonds. The van der Waals surface area contributed by atoms with Crippen molar-refractivity contribution >= 4 is 22.4 Å². The van der Waals surface area contributed by atoms with Gasteiger partial charge in [-0.2, -0.15) is 14.8 Å². The van der Waals surface area contributed by atoms with E-state index in [0.717, 1.165) is 11.1 Å². The molecule has 0 bridgehead atoms. The fourth-order valence-electron chi connectivity index (χ4n) is 3.38. The number of benzene rings is 3. The van der Waals surface area contributed by atoms with E-state index in [1.807, 2.05) is 61.5 Å². The lowest BCUT2D eigenvalue weighted by atomic mass is 10.1. The van der Waals surface area contributed by atoms with Crippen LogP contribution in [0.25, 0.3) is 39.4 Å². The number of aryl methyl sites for hydroxylation is 1. The van der Waals surface area contributed by atoms with Crippen LogP contribution in [0.5, 0.6) is 0 Å². The van der Waals surface area contributed by atoms with E-state index in [1.165, 1.54) is 4.68 Å². The Labute approximate surface area is 176 Å². The van der Waals surface area contributed by atoms with Crippen LogP contribution in [0, 0.1) is 6.92 Å². The standard InChI is InChI=1S/C23H15ClN4O2/c1-14-7-2-5-12-19(14)28-23(29)18-11-4-3-10-17(18)20(26-28)22-25-21(27-30-22)15-8-6-9-16(24)13-15/h2-13H,1H3. The Hall–Kier alpha value is -3.77. The molecule has 7 heteroatoms. The molecule has 0 spiro atoms. The SMILES string of the molecule is Cc1ccccc1-n1nc(-c2nc(-c3cccc(Cl)c3)no2)c2ccccc2c1=O. The summed E-state index contributed by atoms with van der Waals surface area (Å²) in [6.45, 7) is 1.93. The summed E-state index contributed by atoms with van der Waals surface area (Å²) in [6, 6.07) is 22.0. The van der Waals surface area contributed by atoms with Gasteiger partial charge in [-0.15, -0.1) is 0 Å². The van der Waals surface area contributed by atoms with Gasteiger partial charge in [-0.1, -0.05) is 65.3 Å². The van der Waals surface area contributed by atoms with Crippen LogP contribution in [0.2, 0.25) is 5.02 Å². The van der Waals surface area contributed by atoms with Gasteiger partial charge in [0.1, 0.15) is 0 Å². The lowest BCUT2D eigenvalue weighted by Gasteiger charge is -2.11. The summed E-state index contributed by atoms with van der Waals surface area (Å²) in [5.41, 5.74) is 2.59. The third-order valence-corrected chi connectivity index (χ3v) is 5.10. The van der Waals surface area contributed by atoms with Crippen LogP contribution in [0.3, 0.4) is 0 Å². The number of rotatable bonds is 3. The van der Waals surface area contributed by atoms with Crippen molar-refractivity contribution in [1.29, 1.82) is 0 Å². The predicted octanol–water partition coefficient (Wildman–Crippen LogP) is 5.06. The highest BCUT2D eigenvalue weighted by molar-refractivity contribution is 6.30. The molecule has 0 aliphatic carbocycles. The average Bonchev–Trinajstić information content (AvgIpc) is 3.25. The molecular formula is C23H15ClN4O2. The second kappa shape index (κ2) is 7.24. The van der Waals surface area contributed by atoms with E-state index in [4.69, 9.17) is 16.1 Å². The quantitative estimate of drug-likeness (QED) is 0.412. The van der Waals surface area contributed by atoms with Crippen LogP contribution in [0.15, 0.2) is 82.1 Å². The number of halogens is 1. The second-order valence-corrected chi connectivity index (χ2v) is 7.27. The first-order chi connectivity index (χ1) is 14.6. The summed E-state index contributed by atoms with van der Waals surface area (Å²) in [7, 11) is 0. The molecule has 5 rings (SSSR count). The summed E-state index contributed by atoms with van der Waals surface area (Å²) in [4.78, 5) is 17.7. The number of hydrogen-bond acceptors (Lipinski definition) is 5. The fraction of sp³-hybridized carbons (Fsp3) is 0.0435. The first kappa shape index (κ1) is 18.3. The molecule has 3 aromatic carbocycles. The van der Waals surface area contributed by atoms with Crippen molar-refractivity contribution in [3.05, 3.63) is 93.7 Å². The minimum Gasteiger partial charge on any atom is -0.332 e. The van der Waals surface area contributed by atoms with E-state index >= 15 is 0 Å². The topological polar surface area (TPSA) is 73.8 Å². The van der Waals surface area contributed by atoms with Crippen molar-refractivity contribution in [3.63, 3.8) is 0 Å². The van der Waals surface area contributed by atoms with E-state index in [2.05, 4.69) is 15.2 Å². The Morgan fingerprint density at radius 2 is 1.70 bits per heavy atom. The molecule has 0 saturated heterocycles. The first-order valence-electron chi connectivity index (χ1n) is 9.30. The number of fused-ring (bicyclic) bond motifs is 1. The van der Waals surface area contributed by atoms with Gasteiger partial charge in [-0.3, -0.25) is 4.79 Å². The van der Waals surface area contributed by atoms with E-state index in [1.54, 1.807) is 18.2 Å². The second-order valence-electron chi connectivity index (χ2n) is 6.83. The van der Waals surface area contributed by atoms with Gasteiger partial charge in [0.15, 0.2) is 5.69 Å². The van der Waals surface area contributed by atoms with Crippen LogP contribution in [-0.2, 0) is 0 Å². The number of para-hydroxylation sites is 1. The molecular weight excluding hydrogens is 400 g/mol. The Morgan fingerprint density at radius 3 is 2.50 bits per heavy atom. The molecule has 5 aromatic rings. The number of hydrogen-bond donors (Lipinski definition) is 0. The van der Waals surface area contributed by atoms with Crippen LogP contribution < -0.4 is 5.56 Å². The molecule has 0 aliphatic rings. The van der Waals surface area contributed by atoms with Crippen LogP contribution in [0.4, 0.5) is 0 Å². The highest BCUT2D eigenvalue weighted by Crippen LogP contribution is 2.27. The Bertz CT molecular complexity index is 1460. The smallest absolute Gasteiger partial charge is 0.279 e. The summed E-state index contributed by atoms with van der Waals surface area (Å²) >= 11 is 6.08. The van der Waals surface area contributed by atoms with Gasteiger partial charge in [-0.05, 0) is 36.8 Å². The Balaban J connectivity index is 1.75. The zero-order chi connectivity index (χ0) is 20.7. The summed E-state index contributed by atoms with van der Waals surface area (Å²) in [5, 5.41) is 10.4. The Kier molecular flexibility index (Phi) is 4.41. The predicted molar refractivity (Wildman–Crippen MR) is 116 cm³/mol. The molecule has 2 aromatic heterocycles. The van der Waals surface area contributed by atoms with Gasteiger partial charge in [0, 0.05) is 16.0 Å². The van der Waals surface area contributed by atoms with E-state index in [9.17, 15) is 4.79 Å². The molecule has 146 valence electrons. The first-order valence-corrected chi connectivity index (χ1v) is 9.68. The number of nitrogens with zero attached hydrogens (tertiary/aromatic N) is 4. The fourth-order valence-corrected chi connectivity index (χ4v) is 3.57. The molecule has 30 heavy (non-hydrogen) atoms. The van der Waals surface area contributed by atoms with Crippen molar-refractivity contribution in [2.24, 2.45) is 0 Å². The van der Waals surface area contributed by atoms with E-state index in [-0.39, 0.29) is 11.4 Å². The summed E-state index contributed by atoms with van der Waals surface area (Å²) in [5.74, 6) is 0.621. The molecule has 0 unspecified atom stereocenters. The maximum Gasteiger partial charge on any atom is 0.279 e. The Morgan fingerprint density at radius 1 is 0.933 bits per heavy atom. The van der Waals surface area contributed by atoms with Gasteiger partial charge >= 0.3 is 0 Å². The van der Waals surface area contributed by atoms with E-state index < -0.39 is 0 Å². The van der Waals surface area contributed by atoms with E-state index in [0.29, 0.717) is 33.0 Å². The van der Waals surface area contributed by atoms with Crippen molar-refractivity contribution in [1.82, 2.24) is 19.9 Å². The molecule has 6 nitrogen and oxygen atoms in total.